The minimum Gasteiger partial charge on any atom is -0.312 e. The first kappa shape index (κ1) is 13.8. The number of rotatable bonds is 2. The number of benzene rings is 1. The maximum Gasteiger partial charge on any atom is 0.211 e. The van der Waals surface area contributed by atoms with Crippen molar-refractivity contribution >= 4 is 21.6 Å². The van der Waals surface area contributed by atoms with Gasteiger partial charge in [0.1, 0.15) is 0 Å². The number of pyridine rings is 1. The first-order chi connectivity index (χ1) is 11.9. The molecule has 4 heterocycles. The molecule has 0 radical (unpaired) electrons. The number of hydrogen-bond acceptors (Lipinski definition) is 5. The SMILES string of the molecule is c1cncc(-c2nn(-c3nc4ccccc4s3)c3c2CNCC3)c1. The smallest absolute Gasteiger partial charge is 0.211 e. The summed E-state index contributed by atoms with van der Waals surface area (Å²) in [5.74, 6) is 0. The lowest BCUT2D eigenvalue weighted by molar-refractivity contribution is 0.622. The molecule has 5 nitrogen and oxygen atoms in total. The highest BCUT2D eigenvalue weighted by molar-refractivity contribution is 7.20. The number of fused-ring (bicyclic) bond motifs is 2. The Hall–Kier alpha value is -2.57. The fourth-order valence-electron chi connectivity index (χ4n) is 3.19. The van der Waals surface area contributed by atoms with Crippen molar-refractivity contribution in [2.75, 3.05) is 6.54 Å². The molecule has 0 aliphatic carbocycles. The van der Waals surface area contributed by atoms with Crippen molar-refractivity contribution in [1.82, 2.24) is 25.1 Å². The van der Waals surface area contributed by atoms with Crippen molar-refractivity contribution in [3.05, 3.63) is 60.0 Å². The van der Waals surface area contributed by atoms with Gasteiger partial charge < -0.3 is 5.32 Å². The van der Waals surface area contributed by atoms with Gasteiger partial charge in [-0.05, 0) is 24.3 Å². The fraction of sp³-hybridized carbons (Fsp3) is 0.167. The summed E-state index contributed by atoms with van der Waals surface area (Å²) >= 11 is 1.69. The Morgan fingerprint density at radius 1 is 1.12 bits per heavy atom. The third-order valence-electron chi connectivity index (χ3n) is 4.33. The number of para-hydroxylation sites is 1. The molecule has 0 saturated heterocycles. The van der Waals surface area contributed by atoms with Gasteiger partial charge >= 0.3 is 0 Å². The molecule has 0 atom stereocenters. The molecule has 118 valence electrons. The van der Waals surface area contributed by atoms with Crippen LogP contribution in [0.15, 0.2) is 48.8 Å². The van der Waals surface area contributed by atoms with Gasteiger partial charge in [-0.2, -0.15) is 5.10 Å². The Bertz CT molecular complexity index is 986. The molecule has 4 aromatic rings. The Kier molecular flexibility index (Phi) is 3.17. The van der Waals surface area contributed by atoms with Crippen molar-refractivity contribution in [3.63, 3.8) is 0 Å². The van der Waals surface area contributed by atoms with Crippen LogP contribution in [0.1, 0.15) is 11.3 Å². The summed E-state index contributed by atoms with van der Waals surface area (Å²) in [5, 5.41) is 9.30. The summed E-state index contributed by atoms with van der Waals surface area (Å²) in [6, 6.07) is 12.2. The van der Waals surface area contributed by atoms with E-state index >= 15 is 0 Å². The van der Waals surface area contributed by atoms with Crippen LogP contribution in [0, 0.1) is 0 Å². The first-order valence-corrected chi connectivity index (χ1v) is 8.79. The normalized spacial score (nSPS) is 14.0. The van der Waals surface area contributed by atoms with E-state index in [1.165, 1.54) is 16.0 Å². The third-order valence-corrected chi connectivity index (χ3v) is 5.34. The Labute approximate surface area is 143 Å². The van der Waals surface area contributed by atoms with Crippen LogP contribution in [-0.2, 0) is 13.0 Å². The van der Waals surface area contributed by atoms with Gasteiger partial charge in [-0.3, -0.25) is 4.98 Å². The average molecular weight is 333 g/mol. The quantitative estimate of drug-likeness (QED) is 0.612. The Morgan fingerprint density at radius 2 is 2.08 bits per heavy atom. The summed E-state index contributed by atoms with van der Waals surface area (Å²) in [7, 11) is 0. The van der Waals surface area contributed by atoms with Gasteiger partial charge in [0, 0.05) is 43.0 Å². The molecule has 0 fully saturated rings. The lowest BCUT2D eigenvalue weighted by atomic mass is 10.0. The largest absolute Gasteiger partial charge is 0.312 e. The molecule has 1 aliphatic rings. The van der Waals surface area contributed by atoms with Crippen LogP contribution in [0.2, 0.25) is 0 Å². The number of hydrogen-bond donors (Lipinski definition) is 1. The van der Waals surface area contributed by atoms with Crippen LogP contribution in [-0.4, -0.2) is 26.3 Å². The van der Waals surface area contributed by atoms with E-state index in [1.54, 1.807) is 17.5 Å². The van der Waals surface area contributed by atoms with E-state index in [9.17, 15) is 0 Å². The van der Waals surface area contributed by atoms with Crippen LogP contribution in [0.4, 0.5) is 0 Å². The van der Waals surface area contributed by atoms with E-state index in [0.29, 0.717) is 0 Å². The van der Waals surface area contributed by atoms with Crippen molar-refractivity contribution < 1.29 is 0 Å². The molecule has 0 unspecified atom stereocenters. The van der Waals surface area contributed by atoms with Gasteiger partial charge in [0.15, 0.2) is 0 Å². The monoisotopic (exact) mass is 333 g/mol. The fourth-order valence-corrected chi connectivity index (χ4v) is 4.13. The predicted molar refractivity (Wildman–Crippen MR) is 95.4 cm³/mol. The number of nitrogens with zero attached hydrogens (tertiary/aromatic N) is 4. The highest BCUT2D eigenvalue weighted by Gasteiger charge is 2.23. The number of thiazole rings is 1. The van der Waals surface area contributed by atoms with Crippen molar-refractivity contribution in [2.24, 2.45) is 0 Å². The lowest BCUT2D eigenvalue weighted by Crippen LogP contribution is -2.24. The lowest BCUT2D eigenvalue weighted by Gasteiger charge is -2.14. The zero-order chi connectivity index (χ0) is 15.9. The second-order valence-electron chi connectivity index (χ2n) is 5.82. The van der Waals surface area contributed by atoms with E-state index in [-0.39, 0.29) is 0 Å². The summed E-state index contributed by atoms with van der Waals surface area (Å²) in [6.45, 7) is 1.81. The number of nitrogens with one attached hydrogen (secondary N) is 1. The molecule has 1 aromatic carbocycles. The summed E-state index contributed by atoms with van der Waals surface area (Å²) in [4.78, 5) is 9.03. The molecule has 0 spiro atoms. The molecule has 6 heteroatoms. The molecule has 5 rings (SSSR count). The molecular weight excluding hydrogens is 318 g/mol. The highest BCUT2D eigenvalue weighted by atomic mass is 32.1. The maximum absolute atomic E-state index is 4.91. The minimum atomic E-state index is 0.838. The summed E-state index contributed by atoms with van der Waals surface area (Å²) in [6.07, 6.45) is 4.62. The van der Waals surface area contributed by atoms with Gasteiger partial charge in [-0.15, -0.1) is 0 Å². The molecular formula is C18H15N5S. The van der Waals surface area contributed by atoms with E-state index in [1.807, 2.05) is 29.1 Å². The summed E-state index contributed by atoms with van der Waals surface area (Å²) in [5.41, 5.74) is 5.60. The maximum atomic E-state index is 4.91. The van der Waals surface area contributed by atoms with Gasteiger partial charge in [0.05, 0.1) is 21.6 Å². The van der Waals surface area contributed by atoms with E-state index in [2.05, 4.69) is 28.5 Å². The minimum absolute atomic E-state index is 0.838. The third kappa shape index (κ3) is 2.15. The van der Waals surface area contributed by atoms with E-state index < -0.39 is 0 Å². The Balaban J connectivity index is 1.72. The van der Waals surface area contributed by atoms with E-state index in [0.717, 1.165) is 41.4 Å². The predicted octanol–water partition coefficient (Wildman–Crippen LogP) is 3.19. The zero-order valence-electron chi connectivity index (χ0n) is 12.9. The molecule has 0 bridgehead atoms. The van der Waals surface area contributed by atoms with Gasteiger partial charge in [-0.25, -0.2) is 9.67 Å². The van der Waals surface area contributed by atoms with Crippen molar-refractivity contribution in [2.45, 2.75) is 13.0 Å². The molecule has 3 aromatic heterocycles. The topological polar surface area (TPSA) is 55.6 Å². The highest BCUT2D eigenvalue weighted by Crippen LogP contribution is 2.32. The van der Waals surface area contributed by atoms with Crippen LogP contribution in [0.3, 0.4) is 0 Å². The molecule has 0 amide bonds. The van der Waals surface area contributed by atoms with Crippen LogP contribution >= 0.6 is 11.3 Å². The van der Waals surface area contributed by atoms with Crippen molar-refractivity contribution in [1.29, 1.82) is 0 Å². The first-order valence-electron chi connectivity index (χ1n) is 7.98. The van der Waals surface area contributed by atoms with Crippen LogP contribution in [0.25, 0.3) is 26.6 Å². The van der Waals surface area contributed by atoms with Gasteiger partial charge in [-0.1, -0.05) is 23.5 Å². The zero-order valence-corrected chi connectivity index (χ0v) is 13.8. The number of aromatic nitrogens is 4. The van der Waals surface area contributed by atoms with Crippen LogP contribution < -0.4 is 5.32 Å². The van der Waals surface area contributed by atoms with E-state index in [4.69, 9.17) is 10.1 Å². The summed E-state index contributed by atoms with van der Waals surface area (Å²) < 4.78 is 3.22. The molecule has 0 saturated carbocycles. The second kappa shape index (κ2) is 5.51. The second-order valence-corrected chi connectivity index (χ2v) is 6.83. The van der Waals surface area contributed by atoms with Gasteiger partial charge in [0.2, 0.25) is 5.13 Å². The van der Waals surface area contributed by atoms with Crippen molar-refractivity contribution in [3.8, 4) is 16.4 Å². The Morgan fingerprint density at radius 3 is 2.96 bits per heavy atom. The van der Waals surface area contributed by atoms with Gasteiger partial charge in [0.25, 0.3) is 0 Å². The van der Waals surface area contributed by atoms with Crippen LogP contribution in [0.5, 0.6) is 0 Å². The average Bonchev–Trinajstić information content (AvgIpc) is 3.24. The molecule has 24 heavy (non-hydrogen) atoms. The molecule has 1 N–H and O–H groups in total. The standard InChI is InChI=1S/C18H15N5S/c1-2-6-16-14(5-1)21-18(24-16)23-15-7-9-20-11-13(15)17(22-23)12-4-3-8-19-10-12/h1-6,8,10,20H,7,9,11H2. The molecule has 1 aliphatic heterocycles.